The molecule has 0 spiro atoms. The number of benzene rings is 1. The Morgan fingerprint density at radius 2 is 1.82 bits per heavy atom. The Labute approximate surface area is 141 Å². The maximum Gasteiger partial charge on any atom is 0.253 e. The van der Waals surface area contributed by atoms with Gasteiger partial charge in [0.1, 0.15) is 0 Å². The molecule has 1 aliphatic heterocycles. The molecule has 7 heteroatoms. The Kier molecular flexibility index (Phi) is 7.13. The highest BCUT2D eigenvalue weighted by molar-refractivity contribution is 6.30. The van der Waals surface area contributed by atoms with Gasteiger partial charge in [-0.1, -0.05) is 17.7 Å². The fourth-order valence-electron chi connectivity index (χ4n) is 2.43. The van der Waals surface area contributed by atoms with Crippen molar-refractivity contribution in [1.29, 1.82) is 0 Å². The van der Waals surface area contributed by atoms with Crippen molar-refractivity contribution in [2.75, 3.05) is 26.2 Å². The van der Waals surface area contributed by atoms with Gasteiger partial charge < -0.3 is 15.5 Å². The van der Waals surface area contributed by atoms with E-state index in [1.54, 1.807) is 41.0 Å². The monoisotopic (exact) mass is 345 g/mol. The van der Waals surface area contributed by atoms with Crippen LogP contribution in [-0.2, 0) is 4.79 Å². The molecular weight excluding hydrogens is 325 g/mol. The minimum absolute atomic E-state index is 0. The van der Waals surface area contributed by atoms with E-state index in [1.165, 1.54) is 0 Å². The Bertz CT molecular complexity index is 537. The molecule has 22 heavy (non-hydrogen) atoms. The van der Waals surface area contributed by atoms with Crippen LogP contribution in [0.2, 0.25) is 5.02 Å². The minimum Gasteiger partial charge on any atom is -0.340 e. The predicted octanol–water partition coefficient (Wildman–Crippen LogP) is 1.78. The first kappa shape index (κ1) is 18.7. The summed E-state index contributed by atoms with van der Waals surface area (Å²) in [4.78, 5) is 27.9. The normalized spacial score (nSPS) is 16.5. The number of hydrogen-bond acceptors (Lipinski definition) is 3. The Balaban J connectivity index is 0.00000242. The molecule has 5 nitrogen and oxygen atoms in total. The summed E-state index contributed by atoms with van der Waals surface area (Å²) in [6.45, 7) is 3.99. The third kappa shape index (κ3) is 4.60. The lowest BCUT2D eigenvalue weighted by Gasteiger charge is -2.23. The summed E-state index contributed by atoms with van der Waals surface area (Å²) in [5, 5.41) is 0.546. The van der Waals surface area contributed by atoms with Crippen LogP contribution < -0.4 is 5.73 Å². The van der Waals surface area contributed by atoms with Crippen LogP contribution in [0.15, 0.2) is 24.3 Å². The highest BCUT2D eigenvalue weighted by atomic mass is 35.5. The van der Waals surface area contributed by atoms with Crippen molar-refractivity contribution in [3.8, 4) is 0 Å². The molecule has 1 fully saturated rings. The van der Waals surface area contributed by atoms with E-state index in [-0.39, 0.29) is 24.2 Å². The number of carbonyl (C=O) groups is 2. The molecule has 0 radical (unpaired) electrons. The van der Waals surface area contributed by atoms with E-state index in [4.69, 9.17) is 17.3 Å². The topological polar surface area (TPSA) is 66.6 Å². The van der Waals surface area contributed by atoms with Crippen LogP contribution in [0.25, 0.3) is 0 Å². The molecular formula is C15H21Cl2N3O2. The lowest BCUT2D eigenvalue weighted by molar-refractivity contribution is -0.132. The second-order valence-electron chi connectivity index (χ2n) is 5.27. The van der Waals surface area contributed by atoms with E-state index >= 15 is 0 Å². The molecule has 2 rings (SSSR count). The SMILES string of the molecule is C[C@H](N)C(=O)N1CCCN(C(=O)c2cccc(Cl)c2)CC1.Cl. The maximum absolute atomic E-state index is 12.5. The first-order chi connectivity index (χ1) is 9.99. The van der Waals surface area contributed by atoms with Crippen LogP contribution in [0.1, 0.15) is 23.7 Å². The van der Waals surface area contributed by atoms with E-state index in [9.17, 15) is 9.59 Å². The number of nitrogens with zero attached hydrogens (tertiary/aromatic N) is 2. The molecule has 0 bridgehead atoms. The molecule has 0 aromatic heterocycles. The number of carbonyl (C=O) groups excluding carboxylic acids is 2. The average Bonchev–Trinajstić information content (AvgIpc) is 2.71. The van der Waals surface area contributed by atoms with Crippen LogP contribution in [0.4, 0.5) is 0 Å². The van der Waals surface area contributed by atoms with E-state index in [1.807, 2.05) is 0 Å². The zero-order chi connectivity index (χ0) is 15.4. The van der Waals surface area contributed by atoms with E-state index in [0.29, 0.717) is 36.8 Å². The van der Waals surface area contributed by atoms with E-state index in [0.717, 1.165) is 6.42 Å². The van der Waals surface area contributed by atoms with Crippen molar-refractivity contribution in [3.05, 3.63) is 34.9 Å². The number of amides is 2. The quantitative estimate of drug-likeness (QED) is 0.888. The summed E-state index contributed by atoms with van der Waals surface area (Å²) in [6.07, 6.45) is 0.755. The molecule has 0 saturated carbocycles. The van der Waals surface area contributed by atoms with Gasteiger partial charge in [0.15, 0.2) is 0 Å². The lowest BCUT2D eigenvalue weighted by Crippen LogP contribution is -2.44. The summed E-state index contributed by atoms with van der Waals surface area (Å²) < 4.78 is 0. The van der Waals surface area contributed by atoms with Crippen molar-refractivity contribution in [3.63, 3.8) is 0 Å². The molecule has 2 N–H and O–H groups in total. The van der Waals surface area contributed by atoms with Crippen LogP contribution in [0.3, 0.4) is 0 Å². The van der Waals surface area contributed by atoms with Crippen molar-refractivity contribution < 1.29 is 9.59 Å². The Morgan fingerprint density at radius 3 is 2.45 bits per heavy atom. The van der Waals surface area contributed by atoms with Crippen LogP contribution in [0, 0.1) is 0 Å². The summed E-state index contributed by atoms with van der Waals surface area (Å²) in [6, 6.07) is 6.42. The molecule has 1 aromatic rings. The summed E-state index contributed by atoms with van der Waals surface area (Å²) in [5.41, 5.74) is 6.21. The third-order valence-corrected chi connectivity index (χ3v) is 3.79. The van der Waals surface area contributed by atoms with Gasteiger partial charge in [-0.25, -0.2) is 0 Å². The molecule has 0 unspecified atom stereocenters. The number of nitrogens with two attached hydrogens (primary N) is 1. The van der Waals surface area contributed by atoms with Crippen molar-refractivity contribution in [2.24, 2.45) is 5.73 Å². The molecule has 1 saturated heterocycles. The second kappa shape index (κ2) is 8.36. The van der Waals surface area contributed by atoms with Crippen molar-refractivity contribution in [2.45, 2.75) is 19.4 Å². The van der Waals surface area contributed by atoms with Crippen molar-refractivity contribution >= 4 is 35.8 Å². The number of halogens is 2. The molecule has 122 valence electrons. The fourth-order valence-corrected chi connectivity index (χ4v) is 2.62. The lowest BCUT2D eigenvalue weighted by atomic mass is 10.2. The van der Waals surface area contributed by atoms with Gasteiger partial charge in [0.05, 0.1) is 6.04 Å². The van der Waals surface area contributed by atoms with E-state index in [2.05, 4.69) is 0 Å². The second-order valence-corrected chi connectivity index (χ2v) is 5.71. The van der Waals surface area contributed by atoms with Gasteiger partial charge >= 0.3 is 0 Å². The van der Waals surface area contributed by atoms with Gasteiger partial charge in [0, 0.05) is 36.8 Å². The van der Waals surface area contributed by atoms with Crippen molar-refractivity contribution in [1.82, 2.24) is 9.80 Å². The van der Waals surface area contributed by atoms with E-state index < -0.39 is 6.04 Å². The number of rotatable bonds is 2. The average molecular weight is 346 g/mol. The molecule has 1 aromatic carbocycles. The van der Waals surface area contributed by atoms with Gasteiger partial charge in [0.2, 0.25) is 5.91 Å². The van der Waals surface area contributed by atoms with Gasteiger partial charge in [-0.2, -0.15) is 0 Å². The summed E-state index contributed by atoms with van der Waals surface area (Å²) >= 11 is 5.92. The third-order valence-electron chi connectivity index (χ3n) is 3.56. The fraction of sp³-hybridized carbons (Fsp3) is 0.467. The molecule has 1 heterocycles. The predicted molar refractivity (Wildman–Crippen MR) is 89.4 cm³/mol. The Hall–Kier alpha value is -1.30. The Morgan fingerprint density at radius 1 is 1.18 bits per heavy atom. The van der Waals surface area contributed by atoms with Gasteiger partial charge in [-0.05, 0) is 31.5 Å². The zero-order valence-corrected chi connectivity index (χ0v) is 14.1. The molecule has 0 aliphatic carbocycles. The summed E-state index contributed by atoms with van der Waals surface area (Å²) in [5.74, 6) is -0.111. The van der Waals surface area contributed by atoms with Crippen LogP contribution in [-0.4, -0.2) is 53.8 Å². The smallest absolute Gasteiger partial charge is 0.253 e. The zero-order valence-electron chi connectivity index (χ0n) is 12.5. The highest BCUT2D eigenvalue weighted by Gasteiger charge is 2.24. The van der Waals surface area contributed by atoms with Crippen LogP contribution >= 0.6 is 24.0 Å². The summed E-state index contributed by atoms with van der Waals surface area (Å²) in [7, 11) is 0. The standard InChI is InChI=1S/C15H20ClN3O2.ClH/c1-11(17)14(20)18-6-3-7-19(9-8-18)15(21)12-4-2-5-13(16)10-12;/h2,4-5,10-11H,3,6-9,17H2,1H3;1H/t11-;/m0./s1. The number of hydrogen-bond donors (Lipinski definition) is 1. The largest absolute Gasteiger partial charge is 0.340 e. The van der Waals surface area contributed by atoms with Gasteiger partial charge in [-0.15, -0.1) is 12.4 Å². The molecule has 2 amide bonds. The minimum atomic E-state index is -0.500. The molecule has 1 atom stereocenters. The first-order valence-electron chi connectivity index (χ1n) is 7.08. The highest BCUT2D eigenvalue weighted by Crippen LogP contribution is 2.14. The first-order valence-corrected chi connectivity index (χ1v) is 7.46. The van der Waals surface area contributed by atoms with Gasteiger partial charge in [-0.3, -0.25) is 9.59 Å². The maximum atomic E-state index is 12.5. The van der Waals surface area contributed by atoms with Crippen LogP contribution in [0.5, 0.6) is 0 Å². The van der Waals surface area contributed by atoms with Gasteiger partial charge in [0.25, 0.3) is 5.91 Å². The molecule has 1 aliphatic rings.